The highest BCUT2D eigenvalue weighted by atomic mass is 35.5. The van der Waals surface area contributed by atoms with Gasteiger partial charge in [0.05, 0.1) is 12.2 Å². The molecule has 1 aliphatic rings. The highest BCUT2D eigenvalue weighted by Crippen LogP contribution is 2.24. The fourth-order valence-corrected chi connectivity index (χ4v) is 1.82. The Morgan fingerprint density at radius 1 is 1.89 bits per heavy atom. The van der Waals surface area contributed by atoms with Gasteiger partial charge in [0.25, 0.3) is 0 Å². The summed E-state index contributed by atoms with van der Waals surface area (Å²) >= 11 is 5.67. The molecule has 2 nitrogen and oxygen atoms in total. The molecular weight excluding hydrogens is 156 g/mol. The standard InChI is InChI=1S/C5H9ClO2Si/c6-4-1-3(7)2-5(4)8-9/h1,3,5,7H,2H2,9H3/t3-,5-/m0/s1. The molecule has 0 heterocycles. The van der Waals surface area contributed by atoms with Gasteiger partial charge in [-0.2, -0.15) is 0 Å². The largest absolute Gasteiger partial charge is 0.420 e. The first-order chi connectivity index (χ1) is 4.24. The molecule has 0 aliphatic heterocycles. The number of hydrogen-bond acceptors (Lipinski definition) is 2. The molecular formula is C5H9ClO2Si. The van der Waals surface area contributed by atoms with Crippen LogP contribution in [0.5, 0.6) is 0 Å². The van der Waals surface area contributed by atoms with Crippen LogP contribution in [0.2, 0.25) is 0 Å². The average Bonchev–Trinajstić information content (AvgIpc) is 2.10. The predicted octanol–water partition coefficient (Wildman–Crippen LogP) is -0.461. The van der Waals surface area contributed by atoms with Crippen molar-refractivity contribution < 1.29 is 9.53 Å². The average molecular weight is 165 g/mol. The van der Waals surface area contributed by atoms with Gasteiger partial charge in [-0.1, -0.05) is 11.6 Å². The van der Waals surface area contributed by atoms with E-state index in [-0.39, 0.29) is 6.10 Å². The van der Waals surface area contributed by atoms with Crippen LogP contribution in [0.15, 0.2) is 11.1 Å². The van der Waals surface area contributed by atoms with E-state index < -0.39 is 6.10 Å². The molecule has 4 heteroatoms. The number of aliphatic hydroxyl groups is 1. The third-order valence-corrected chi connectivity index (χ3v) is 2.34. The van der Waals surface area contributed by atoms with E-state index in [1.807, 2.05) is 0 Å². The monoisotopic (exact) mass is 164 g/mol. The van der Waals surface area contributed by atoms with Crippen LogP contribution in [0.4, 0.5) is 0 Å². The molecule has 52 valence electrons. The summed E-state index contributed by atoms with van der Waals surface area (Å²) in [6, 6.07) is 0. The molecule has 9 heavy (non-hydrogen) atoms. The maximum Gasteiger partial charge on any atom is 0.146 e. The topological polar surface area (TPSA) is 29.5 Å². The Morgan fingerprint density at radius 2 is 2.56 bits per heavy atom. The van der Waals surface area contributed by atoms with E-state index >= 15 is 0 Å². The van der Waals surface area contributed by atoms with Crippen LogP contribution in [0.3, 0.4) is 0 Å². The molecule has 0 unspecified atom stereocenters. The van der Waals surface area contributed by atoms with Gasteiger partial charge in [0.1, 0.15) is 10.5 Å². The smallest absolute Gasteiger partial charge is 0.146 e. The molecule has 0 fully saturated rings. The van der Waals surface area contributed by atoms with Crippen molar-refractivity contribution in [3.8, 4) is 0 Å². The summed E-state index contributed by atoms with van der Waals surface area (Å²) in [7, 11) is 0.675. The minimum Gasteiger partial charge on any atom is -0.420 e. The predicted molar refractivity (Wildman–Crippen MR) is 39.4 cm³/mol. The molecule has 1 rings (SSSR count). The van der Waals surface area contributed by atoms with Crippen LogP contribution in [0, 0.1) is 0 Å². The van der Waals surface area contributed by atoms with Crippen molar-refractivity contribution >= 4 is 22.1 Å². The van der Waals surface area contributed by atoms with E-state index in [9.17, 15) is 0 Å². The van der Waals surface area contributed by atoms with E-state index in [2.05, 4.69) is 0 Å². The first-order valence-electron chi connectivity index (χ1n) is 2.82. The quantitative estimate of drug-likeness (QED) is 0.532. The Balaban J connectivity index is 2.53. The lowest BCUT2D eigenvalue weighted by Gasteiger charge is -2.07. The molecule has 0 radical (unpaired) electrons. The van der Waals surface area contributed by atoms with Crippen LogP contribution in [0.25, 0.3) is 0 Å². The minimum atomic E-state index is -0.392. The van der Waals surface area contributed by atoms with Crippen molar-refractivity contribution in [2.24, 2.45) is 0 Å². The first-order valence-corrected chi connectivity index (χ1v) is 4.01. The van der Waals surface area contributed by atoms with Crippen molar-refractivity contribution in [2.45, 2.75) is 18.6 Å². The summed E-state index contributed by atoms with van der Waals surface area (Å²) in [5.41, 5.74) is 0. The lowest BCUT2D eigenvalue weighted by atomic mass is 10.3. The summed E-state index contributed by atoms with van der Waals surface area (Å²) in [6.45, 7) is 0. The second kappa shape index (κ2) is 2.83. The summed E-state index contributed by atoms with van der Waals surface area (Å²) in [5.74, 6) is 0. The molecule has 1 N–H and O–H groups in total. The van der Waals surface area contributed by atoms with Crippen molar-refractivity contribution in [1.29, 1.82) is 0 Å². The highest BCUT2D eigenvalue weighted by molar-refractivity contribution is 6.30. The van der Waals surface area contributed by atoms with E-state index in [1.54, 1.807) is 6.08 Å². The lowest BCUT2D eigenvalue weighted by molar-refractivity contribution is 0.171. The Hall–Kier alpha value is 0.167. The van der Waals surface area contributed by atoms with Gasteiger partial charge in [-0.25, -0.2) is 0 Å². The van der Waals surface area contributed by atoms with Crippen molar-refractivity contribution in [3.05, 3.63) is 11.1 Å². The van der Waals surface area contributed by atoms with Crippen LogP contribution >= 0.6 is 11.6 Å². The Labute approximate surface area is 62.0 Å². The molecule has 0 aromatic carbocycles. The fourth-order valence-electron chi connectivity index (χ4n) is 0.900. The minimum absolute atomic E-state index is 0.0201. The molecule has 0 saturated carbocycles. The molecule has 1 aliphatic carbocycles. The summed E-state index contributed by atoms with van der Waals surface area (Å²) in [5, 5.41) is 9.63. The zero-order chi connectivity index (χ0) is 6.85. The Morgan fingerprint density at radius 3 is 2.78 bits per heavy atom. The second-order valence-electron chi connectivity index (χ2n) is 2.08. The Kier molecular flexibility index (Phi) is 2.29. The van der Waals surface area contributed by atoms with Gasteiger partial charge in [0, 0.05) is 11.5 Å². The molecule has 2 atom stereocenters. The number of hydrogen-bond donors (Lipinski definition) is 1. The van der Waals surface area contributed by atoms with Crippen molar-refractivity contribution in [3.63, 3.8) is 0 Å². The molecule has 0 amide bonds. The first kappa shape index (κ1) is 7.28. The third kappa shape index (κ3) is 1.55. The van der Waals surface area contributed by atoms with Gasteiger partial charge in [-0.3, -0.25) is 0 Å². The molecule has 0 spiro atoms. The van der Waals surface area contributed by atoms with E-state index in [4.69, 9.17) is 21.1 Å². The van der Waals surface area contributed by atoms with Gasteiger partial charge in [0.2, 0.25) is 0 Å². The number of halogens is 1. The molecule has 0 saturated heterocycles. The van der Waals surface area contributed by atoms with Gasteiger partial charge >= 0.3 is 0 Å². The van der Waals surface area contributed by atoms with Crippen LogP contribution in [0.1, 0.15) is 6.42 Å². The maximum absolute atomic E-state index is 8.98. The van der Waals surface area contributed by atoms with E-state index in [0.717, 1.165) is 0 Å². The summed E-state index contributed by atoms with van der Waals surface area (Å²) < 4.78 is 5.07. The van der Waals surface area contributed by atoms with Gasteiger partial charge in [0.15, 0.2) is 0 Å². The summed E-state index contributed by atoms with van der Waals surface area (Å²) in [6.07, 6.45) is 1.84. The van der Waals surface area contributed by atoms with Gasteiger partial charge in [-0.15, -0.1) is 0 Å². The van der Waals surface area contributed by atoms with Crippen LogP contribution in [-0.2, 0) is 4.43 Å². The van der Waals surface area contributed by atoms with Crippen molar-refractivity contribution in [1.82, 2.24) is 0 Å². The van der Waals surface area contributed by atoms with Crippen molar-refractivity contribution in [2.75, 3.05) is 0 Å². The van der Waals surface area contributed by atoms with Crippen LogP contribution in [-0.4, -0.2) is 27.8 Å². The fraction of sp³-hybridized carbons (Fsp3) is 0.600. The molecule has 0 aromatic rings. The highest BCUT2D eigenvalue weighted by Gasteiger charge is 2.22. The van der Waals surface area contributed by atoms with Gasteiger partial charge < -0.3 is 9.53 Å². The number of rotatable bonds is 1. The SMILES string of the molecule is O[C@H]1C=C(Cl)[C@@H](O[SiH3])C1. The lowest BCUT2D eigenvalue weighted by Crippen LogP contribution is -2.10. The second-order valence-corrected chi connectivity index (χ2v) is 2.99. The normalized spacial score (nSPS) is 35.1. The Bertz CT molecular complexity index is 137. The van der Waals surface area contributed by atoms with Crippen LogP contribution < -0.4 is 0 Å². The van der Waals surface area contributed by atoms with Gasteiger partial charge in [-0.05, 0) is 6.08 Å². The number of aliphatic hydroxyl groups excluding tert-OH is 1. The third-order valence-electron chi connectivity index (χ3n) is 1.40. The zero-order valence-electron chi connectivity index (χ0n) is 5.17. The molecule has 0 bridgehead atoms. The summed E-state index contributed by atoms with van der Waals surface area (Å²) in [4.78, 5) is 0. The van der Waals surface area contributed by atoms with E-state index in [1.165, 1.54) is 0 Å². The zero-order valence-corrected chi connectivity index (χ0v) is 7.93. The maximum atomic E-state index is 8.98. The van der Waals surface area contributed by atoms with E-state index in [0.29, 0.717) is 21.9 Å². The molecule has 0 aromatic heterocycles.